The molecule has 0 aliphatic heterocycles. The van der Waals surface area contributed by atoms with E-state index in [0.717, 1.165) is 21.5 Å². The summed E-state index contributed by atoms with van der Waals surface area (Å²) < 4.78 is 1.03. The third-order valence-corrected chi connectivity index (χ3v) is 2.78. The Bertz CT molecular complexity index is 528. The zero-order chi connectivity index (χ0) is 12.3. The van der Waals surface area contributed by atoms with Crippen LogP contribution in [0.2, 0.25) is 0 Å². The van der Waals surface area contributed by atoms with E-state index in [1.165, 1.54) is 0 Å². The molecule has 0 aliphatic rings. The van der Waals surface area contributed by atoms with Crippen LogP contribution in [0.4, 0.5) is 17.5 Å². The predicted molar refractivity (Wildman–Crippen MR) is 73.7 cm³/mol. The maximum Gasteiger partial charge on any atom is 0.224 e. The number of benzene rings is 1. The fraction of sp³-hybridized carbons (Fsp3) is 0.167. The molecule has 2 aromatic rings. The standard InChI is InChI=1S/C12H13BrN4/c1-8-7-15-12(14-2)17-11(8)16-10-5-3-4-9(13)6-10/h3-7H,1-2H3,(H2,14,15,16,17). The normalized spacial score (nSPS) is 10.1. The molecular formula is C12H13BrN4. The molecule has 0 unspecified atom stereocenters. The first-order valence-corrected chi connectivity index (χ1v) is 6.02. The van der Waals surface area contributed by atoms with E-state index in [1.807, 2.05) is 31.2 Å². The van der Waals surface area contributed by atoms with Crippen LogP contribution >= 0.6 is 15.9 Å². The minimum atomic E-state index is 0.605. The molecule has 0 spiro atoms. The van der Waals surface area contributed by atoms with Crippen LogP contribution in [-0.2, 0) is 0 Å². The van der Waals surface area contributed by atoms with Crippen LogP contribution in [0.3, 0.4) is 0 Å². The largest absolute Gasteiger partial charge is 0.357 e. The third-order valence-electron chi connectivity index (χ3n) is 2.28. The second kappa shape index (κ2) is 5.14. The van der Waals surface area contributed by atoms with Gasteiger partial charge in [0.2, 0.25) is 5.95 Å². The van der Waals surface area contributed by atoms with Gasteiger partial charge in [-0.2, -0.15) is 4.98 Å². The molecule has 17 heavy (non-hydrogen) atoms. The van der Waals surface area contributed by atoms with Gasteiger partial charge < -0.3 is 10.6 Å². The summed E-state index contributed by atoms with van der Waals surface area (Å²) >= 11 is 3.44. The summed E-state index contributed by atoms with van der Waals surface area (Å²) in [5, 5.41) is 6.19. The number of nitrogens with one attached hydrogen (secondary N) is 2. The van der Waals surface area contributed by atoms with Crippen molar-refractivity contribution in [2.24, 2.45) is 0 Å². The molecule has 0 atom stereocenters. The van der Waals surface area contributed by atoms with Crippen molar-refractivity contribution < 1.29 is 0 Å². The van der Waals surface area contributed by atoms with Gasteiger partial charge in [-0.25, -0.2) is 4.98 Å². The molecule has 0 amide bonds. The lowest BCUT2D eigenvalue weighted by atomic mass is 10.3. The zero-order valence-corrected chi connectivity index (χ0v) is 11.2. The quantitative estimate of drug-likeness (QED) is 0.911. The van der Waals surface area contributed by atoms with E-state index in [2.05, 4.69) is 36.5 Å². The van der Waals surface area contributed by atoms with Gasteiger partial charge in [0.25, 0.3) is 0 Å². The first-order chi connectivity index (χ1) is 8.19. The number of aromatic nitrogens is 2. The van der Waals surface area contributed by atoms with Crippen molar-refractivity contribution in [3.05, 3.63) is 40.5 Å². The highest BCUT2D eigenvalue weighted by Gasteiger charge is 2.03. The van der Waals surface area contributed by atoms with E-state index in [4.69, 9.17) is 0 Å². The number of aryl methyl sites for hydroxylation is 1. The van der Waals surface area contributed by atoms with Gasteiger partial charge in [-0.3, -0.25) is 0 Å². The highest BCUT2D eigenvalue weighted by Crippen LogP contribution is 2.21. The van der Waals surface area contributed by atoms with Gasteiger partial charge in [-0.15, -0.1) is 0 Å². The van der Waals surface area contributed by atoms with Gasteiger partial charge in [0, 0.05) is 29.0 Å². The summed E-state index contributed by atoms with van der Waals surface area (Å²) in [4.78, 5) is 8.51. The molecule has 1 aromatic heterocycles. The summed E-state index contributed by atoms with van der Waals surface area (Å²) in [7, 11) is 1.80. The molecule has 0 saturated carbocycles. The van der Waals surface area contributed by atoms with Crippen LogP contribution in [0, 0.1) is 6.92 Å². The van der Waals surface area contributed by atoms with Crippen LogP contribution in [0.1, 0.15) is 5.56 Å². The lowest BCUT2D eigenvalue weighted by Gasteiger charge is -2.09. The Labute approximate surface area is 109 Å². The predicted octanol–water partition coefficient (Wildman–Crippen LogP) is 3.33. The Hall–Kier alpha value is -1.62. The number of hydrogen-bond acceptors (Lipinski definition) is 4. The Morgan fingerprint density at radius 1 is 1.29 bits per heavy atom. The maximum absolute atomic E-state index is 4.37. The average molecular weight is 293 g/mol. The molecule has 1 aromatic carbocycles. The number of rotatable bonds is 3. The number of nitrogens with zero attached hydrogens (tertiary/aromatic N) is 2. The van der Waals surface area contributed by atoms with E-state index in [1.54, 1.807) is 13.2 Å². The van der Waals surface area contributed by atoms with Crippen molar-refractivity contribution in [3.63, 3.8) is 0 Å². The molecule has 88 valence electrons. The van der Waals surface area contributed by atoms with Crippen molar-refractivity contribution in [3.8, 4) is 0 Å². The van der Waals surface area contributed by atoms with Crippen LogP contribution in [0.25, 0.3) is 0 Å². The monoisotopic (exact) mass is 292 g/mol. The summed E-state index contributed by atoms with van der Waals surface area (Å²) in [5.41, 5.74) is 1.99. The first kappa shape index (κ1) is 11.9. The van der Waals surface area contributed by atoms with Crippen molar-refractivity contribution in [1.29, 1.82) is 0 Å². The molecule has 1 heterocycles. The number of anilines is 3. The van der Waals surface area contributed by atoms with Crippen LogP contribution in [0.5, 0.6) is 0 Å². The van der Waals surface area contributed by atoms with E-state index in [-0.39, 0.29) is 0 Å². The summed E-state index contributed by atoms with van der Waals surface area (Å²) in [6, 6.07) is 7.95. The lowest BCUT2D eigenvalue weighted by molar-refractivity contribution is 1.12. The highest BCUT2D eigenvalue weighted by atomic mass is 79.9. The average Bonchev–Trinajstić information content (AvgIpc) is 2.32. The van der Waals surface area contributed by atoms with Gasteiger partial charge in [0.1, 0.15) is 5.82 Å². The number of halogens is 1. The van der Waals surface area contributed by atoms with Gasteiger partial charge >= 0.3 is 0 Å². The summed E-state index contributed by atoms with van der Waals surface area (Å²) in [6.45, 7) is 1.97. The second-order valence-electron chi connectivity index (χ2n) is 3.61. The Morgan fingerprint density at radius 3 is 2.82 bits per heavy atom. The molecule has 0 bridgehead atoms. The molecule has 5 heteroatoms. The van der Waals surface area contributed by atoms with Crippen LogP contribution < -0.4 is 10.6 Å². The zero-order valence-electron chi connectivity index (χ0n) is 9.66. The summed E-state index contributed by atoms with van der Waals surface area (Å²) in [6.07, 6.45) is 1.79. The molecule has 0 aliphatic carbocycles. The Kier molecular flexibility index (Phi) is 3.58. The Balaban J connectivity index is 2.29. The topological polar surface area (TPSA) is 49.8 Å². The van der Waals surface area contributed by atoms with Crippen LogP contribution in [-0.4, -0.2) is 17.0 Å². The van der Waals surface area contributed by atoms with Crippen molar-refractivity contribution >= 4 is 33.4 Å². The van der Waals surface area contributed by atoms with Gasteiger partial charge in [0.15, 0.2) is 0 Å². The lowest BCUT2D eigenvalue weighted by Crippen LogP contribution is -2.02. The van der Waals surface area contributed by atoms with Crippen molar-refractivity contribution in [2.45, 2.75) is 6.92 Å². The number of hydrogen-bond donors (Lipinski definition) is 2. The van der Waals surface area contributed by atoms with E-state index in [9.17, 15) is 0 Å². The van der Waals surface area contributed by atoms with Gasteiger partial charge in [0.05, 0.1) is 0 Å². The van der Waals surface area contributed by atoms with Crippen molar-refractivity contribution in [2.75, 3.05) is 17.7 Å². The third kappa shape index (κ3) is 2.94. The Morgan fingerprint density at radius 2 is 2.12 bits per heavy atom. The second-order valence-corrected chi connectivity index (χ2v) is 4.53. The minimum absolute atomic E-state index is 0.605. The van der Waals surface area contributed by atoms with Gasteiger partial charge in [-0.05, 0) is 25.1 Å². The van der Waals surface area contributed by atoms with Crippen molar-refractivity contribution in [1.82, 2.24) is 9.97 Å². The SMILES string of the molecule is CNc1ncc(C)c(Nc2cccc(Br)c2)n1. The summed E-state index contributed by atoms with van der Waals surface area (Å²) in [5.74, 6) is 1.41. The molecule has 4 nitrogen and oxygen atoms in total. The molecule has 2 N–H and O–H groups in total. The van der Waals surface area contributed by atoms with Gasteiger partial charge in [-0.1, -0.05) is 22.0 Å². The molecule has 2 rings (SSSR count). The van der Waals surface area contributed by atoms with Crippen LogP contribution in [0.15, 0.2) is 34.9 Å². The van der Waals surface area contributed by atoms with E-state index < -0.39 is 0 Å². The fourth-order valence-corrected chi connectivity index (χ4v) is 1.79. The molecular weight excluding hydrogens is 280 g/mol. The molecule has 0 fully saturated rings. The maximum atomic E-state index is 4.37. The first-order valence-electron chi connectivity index (χ1n) is 5.23. The molecule has 0 radical (unpaired) electrons. The molecule has 0 saturated heterocycles. The van der Waals surface area contributed by atoms with E-state index in [0.29, 0.717) is 5.95 Å². The van der Waals surface area contributed by atoms with E-state index >= 15 is 0 Å². The smallest absolute Gasteiger partial charge is 0.224 e. The minimum Gasteiger partial charge on any atom is -0.357 e. The highest BCUT2D eigenvalue weighted by molar-refractivity contribution is 9.10. The fourth-order valence-electron chi connectivity index (χ4n) is 1.39.